The van der Waals surface area contributed by atoms with E-state index in [2.05, 4.69) is 4.98 Å². The van der Waals surface area contributed by atoms with Crippen molar-refractivity contribution in [2.45, 2.75) is 47.3 Å². The van der Waals surface area contributed by atoms with Crippen molar-refractivity contribution in [3.8, 4) is 0 Å². The summed E-state index contributed by atoms with van der Waals surface area (Å²) in [6.45, 7) is 0. The van der Waals surface area contributed by atoms with Crippen LogP contribution in [0.4, 0.5) is 0 Å². The van der Waals surface area contributed by atoms with Gasteiger partial charge in [0.05, 0.1) is 10.2 Å². The van der Waals surface area contributed by atoms with E-state index in [0.717, 1.165) is 33.8 Å². The quantitative estimate of drug-likeness (QED) is 0.323. The van der Waals surface area contributed by atoms with Crippen LogP contribution in [0.25, 0.3) is 16.3 Å². The van der Waals surface area contributed by atoms with Gasteiger partial charge in [0.25, 0.3) is 5.79 Å². The number of esters is 2. The smallest absolute Gasteiger partial charge is 0.349 e. The SMILES string of the molecule is O=C1OC2(CCCCC2)OC(=O)C1=Cc1ccc(Sc2nc3ccccc3s2)o1. The largest absolute Gasteiger partial charge is 0.450 e. The number of furan rings is 1. The highest BCUT2D eigenvalue weighted by atomic mass is 32.2. The zero-order chi connectivity index (χ0) is 19.8. The molecule has 8 heteroatoms. The molecular formula is C21H17NO5S2. The Morgan fingerprint density at radius 1 is 1.00 bits per heavy atom. The van der Waals surface area contributed by atoms with Crippen molar-refractivity contribution in [2.24, 2.45) is 0 Å². The Morgan fingerprint density at radius 2 is 1.76 bits per heavy atom. The van der Waals surface area contributed by atoms with Crippen molar-refractivity contribution in [1.29, 1.82) is 0 Å². The highest BCUT2D eigenvalue weighted by molar-refractivity contribution is 8.01. The molecule has 1 saturated heterocycles. The second-order valence-electron chi connectivity index (χ2n) is 7.01. The Bertz CT molecular complexity index is 1070. The van der Waals surface area contributed by atoms with Gasteiger partial charge in [-0.15, -0.1) is 11.3 Å². The molecule has 0 radical (unpaired) electrons. The molecule has 3 heterocycles. The van der Waals surface area contributed by atoms with E-state index in [-0.39, 0.29) is 5.57 Å². The molecule has 29 heavy (non-hydrogen) atoms. The standard InChI is InChI=1S/C21H17NO5S2/c23-18-14(19(24)27-21(26-18)10-4-1-5-11-21)12-13-8-9-17(25-13)29-20-22-15-6-2-3-7-16(15)28-20/h2-3,6-9,12H,1,4-5,10-11H2. The van der Waals surface area contributed by atoms with Gasteiger partial charge in [-0.25, -0.2) is 14.6 Å². The molecular weight excluding hydrogens is 410 g/mol. The average Bonchev–Trinajstić information content (AvgIpc) is 3.31. The second kappa shape index (κ2) is 7.35. The monoisotopic (exact) mass is 427 g/mol. The number of nitrogens with zero attached hydrogens (tertiary/aromatic N) is 1. The molecule has 0 bridgehead atoms. The summed E-state index contributed by atoms with van der Waals surface area (Å²) in [7, 11) is 0. The molecule has 5 rings (SSSR count). The molecule has 0 N–H and O–H groups in total. The van der Waals surface area contributed by atoms with Crippen LogP contribution in [0.3, 0.4) is 0 Å². The molecule has 0 amide bonds. The lowest BCUT2D eigenvalue weighted by Gasteiger charge is -2.38. The van der Waals surface area contributed by atoms with E-state index in [1.807, 2.05) is 24.3 Å². The number of carbonyl (C=O) groups is 2. The van der Waals surface area contributed by atoms with Gasteiger partial charge in [0, 0.05) is 18.9 Å². The van der Waals surface area contributed by atoms with Gasteiger partial charge >= 0.3 is 11.9 Å². The van der Waals surface area contributed by atoms with Crippen LogP contribution in [0.1, 0.15) is 37.9 Å². The van der Waals surface area contributed by atoms with E-state index in [4.69, 9.17) is 13.9 Å². The molecule has 3 aromatic rings. The van der Waals surface area contributed by atoms with Crippen LogP contribution in [-0.2, 0) is 19.1 Å². The molecule has 2 fully saturated rings. The maximum absolute atomic E-state index is 12.4. The van der Waals surface area contributed by atoms with Crippen molar-refractivity contribution in [1.82, 2.24) is 4.98 Å². The van der Waals surface area contributed by atoms with Crippen LogP contribution in [0, 0.1) is 0 Å². The van der Waals surface area contributed by atoms with E-state index in [1.54, 1.807) is 23.5 Å². The summed E-state index contributed by atoms with van der Waals surface area (Å²) in [5, 5.41) is 0.622. The lowest BCUT2D eigenvalue weighted by atomic mass is 9.93. The first-order chi connectivity index (χ1) is 14.1. The van der Waals surface area contributed by atoms with Gasteiger partial charge in [-0.1, -0.05) is 18.6 Å². The molecule has 2 aliphatic rings. The predicted molar refractivity (Wildman–Crippen MR) is 108 cm³/mol. The third-order valence-corrected chi connectivity index (χ3v) is 6.98. The minimum atomic E-state index is -1.08. The maximum Gasteiger partial charge on any atom is 0.349 e. The Kier molecular flexibility index (Phi) is 4.67. The lowest BCUT2D eigenvalue weighted by molar-refractivity contribution is -0.244. The number of aromatic nitrogens is 1. The third kappa shape index (κ3) is 3.70. The molecule has 6 nitrogen and oxygen atoms in total. The van der Waals surface area contributed by atoms with Crippen molar-refractivity contribution in [3.63, 3.8) is 0 Å². The molecule has 148 valence electrons. The summed E-state index contributed by atoms with van der Waals surface area (Å²) in [5.74, 6) is -2.00. The highest BCUT2D eigenvalue weighted by Crippen LogP contribution is 2.38. The first kappa shape index (κ1) is 18.4. The molecule has 1 spiro atoms. The number of benzene rings is 1. The molecule has 0 unspecified atom stereocenters. The van der Waals surface area contributed by atoms with Crippen LogP contribution in [0.15, 0.2) is 55.8 Å². The fourth-order valence-corrected chi connectivity index (χ4v) is 5.52. The van der Waals surface area contributed by atoms with Gasteiger partial charge in [-0.05, 0) is 48.9 Å². The van der Waals surface area contributed by atoms with Crippen molar-refractivity contribution in [3.05, 3.63) is 47.7 Å². The minimum absolute atomic E-state index is 0.146. The third-order valence-electron chi connectivity index (χ3n) is 4.96. The van der Waals surface area contributed by atoms with Crippen LogP contribution >= 0.6 is 23.1 Å². The number of hydrogen-bond acceptors (Lipinski definition) is 8. The van der Waals surface area contributed by atoms with Crippen molar-refractivity contribution in [2.75, 3.05) is 0 Å². The Morgan fingerprint density at radius 3 is 2.52 bits per heavy atom. The number of para-hydroxylation sites is 1. The van der Waals surface area contributed by atoms with Gasteiger partial charge in [0.2, 0.25) is 0 Å². The van der Waals surface area contributed by atoms with E-state index >= 15 is 0 Å². The summed E-state index contributed by atoms with van der Waals surface area (Å²) in [5.41, 5.74) is 0.797. The summed E-state index contributed by atoms with van der Waals surface area (Å²) < 4.78 is 18.7. The molecule has 2 aromatic heterocycles. The van der Waals surface area contributed by atoms with Crippen LogP contribution in [0.5, 0.6) is 0 Å². The van der Waals surface area contributed by atoms with Gasteiger partial charge in [-0.2, -0.15) is 0 Å². The Labute approximate surface area is 174 Å². The fourth-order valence-electron chi connectivity index (χ4n) is 3.55. The lowest BCUT2D eigenvalue weighted by Crippen LogP contribution is -2.47. The zero-order valence-electron chi connectivity index (χ0n) is 15.4. The topological polar surface area (TPSA) is 78.6 Å². The number of rotatable bonds is 3. The van der Waals surface area contributed by atoms with E-state index < -0.39 is 17.7 Å². The predicted octanol–water partition coefficient (Wildman–Crippen LogP) is 5.18. The van der Waals surface area contributed by atoms with Gasteiger partial charge in [-0.3, -0.25) is 0 Å². The fraction of sp³-hybridized carbons (Fsp3) is 0.286. The number of thiazole rings is 1. The van der Waals surface area contributed by atoms with Gasteiger partial charge < -0.3 is 13.9 Å². The van der Waals surface area contributed by atoms with Crippen LogP contribution in [0.2, 0.25) is 0 Å². The second-order valence-corrected chi connectivity index (χ2v) is 9.30. The molecule has 1 aliphatic carbocycles. The summed E-state index contributed by atoms with van der Waals surface area (Å²) in [6.07, 6.45) is 5.31. The van der Waals surface area contributed by atoms with Crippen LogP contribution in [-0.4, -0.2) is 22.7 Å². The zero-order valence-corrected chi connectivity index (χ0v) is 17.0. The average molecular weight is 428 g/mol. The first-order valence-corrected chi connectivity index (χ1v) is 11.1. The summed E-state index contributed by atoms with van der Waals surface area (Å²) in [4.78, 5) is 29.4. The summed E-state index contributed by atoms with van der Waals surface area (Å²) in [6, 6.07) is 11.4. The van der Waals surface area contributed by atoms with Crippen molar-refractivity contribution < 1.29 is 23.5 Å². The number of hydrogen-bond donors (Lipinski definition) is 0. The van der Waals surface area contributed by atoms with Crippen LogP contribution < -0.4 is 0 Å². The number of carbonyl (C=O) groups excluding carboxylic acids is 2. The van der Waals surface area contributed by atoms with Gasteiger partial charge in [0.1, 0.15) is 11.3 Å². The van der Waals surface area contributed by atoms with E-state index in [9.17, 15) is 9.59 Å². The van der Waals surface area contributed by atoms with E-state index in [1.165, 1.54) is 17.8 Å². The molecule has 0 atom stereocenters. The number of fused-ring (bicyclic) bond motifs is 1. The Balaban J connectivity index is 1.33. The Hall–Kier alpha value is -2.58. The van der Waals surface area contributed by atoms with Crippen molar-refractivity contribution >= 4 is 51.3 Å². The van der Waals surface area contributed by atoms with Gasteiger partial charge in [0.15, 0.2) is 9.43 Å². The molecule has 1 saturated carbocycles. The maximum atomic E-state index is 12.4. The van der Waals surface area contributed by atoms with E-state index in [0.29, 0.717) is 23.7 Å². The highest BCUT2D eigenvalue weighted by Gasteiger charge is 2.46. The molecule has 1 aliphatic heterocycles. The first-order valence-electron chi connectivity index (χ1n) is 9.42. The normalized spacial score (nSPS) is 18.7. The molecule has 1 aromatic carbocycles. The minimum Gasteiger partial charge on any atom is -0.450 e. The number of ether oxygens (including phenoxy) is 2. The summed E-state index contributed by atoms with van der Waals surface area (Å²) >= 11 is 2.97.